The van der Waals surface area contributed by atoms with E-state index >= 15 is 0 Å². The Balaban J connectivity index is 1.99. The van der Waals surface area contributed by atoms with Gasteiger partial charge in [0.15, 0.2) is 6.10 Å². The summed E-state index contributed by atoms with van der Waals surface area (Å²) in [5, 5.41) is 2.78. The molecule has 1 aliphatic heterocycles. The van der Waals surface area contributed by atoms with Crippen molar-refractivity contribution in [3.05, 3.63) is 0 Å². The summed E-state index contributed by atoms with van der Waals surface area (Å²) >= 11 is 0. The molecule has 0 spiro atoms. The third-order valence-corrected chi connectivity index (χ3v) is 3.65. The standard InChI is InChI=1S/C12H20N2O4/c13-11(16)12(4-2-1-3-5-12)14-10(15)9-8-17-6-7-18-9/h9H,1-8H2,(H2,13,16)(H,14,15). The fourth-order valence-corrected chi connectivity index (χ4v) is 2.54. The third-order valence-electron chi connectivity index (χ3n) is 3.65. The fraction of sp³-hybridized carbons (Fsp3) is 0.833. The minimum Gasteiger partial charge on any atom is -0.376 e. The molecule has 0 radical (unpaired) electrons. The predicted molar refractivity (Wildman–Crippen MR) is 63.7 cm³/mol. The van der Waals surface area contributed by atoms with Crippen molar-refractivity contribution in [1.82, 2.24) is 5.32 Å². The minimum absolute atomic E-state index is 0.237. The van der Waals surface area contributed by atoms with Gasteiger partial charge in [-0.15, -0.1) is 0 Å². The highest BCUT2D eigenvalue weighted by atomic mass is 16.6. The van der Waals surface area contributed by atoms with E-state index in [9.17, 15) is 9.59 Å². The first-order valence-electron chi connectivity index (χ1n) is 6.45. The van der Waals surface area contributed by atoms with Gasteiger partial charge in [0.1, 0.15) is 5.54 Å². The van der Waals surface area contributed by atoms with Gasteiger partial charge in [-0.2, -0.15) is 0 Å². The number of nitrogens with one attached hydrogen (secondary N) is 1. The molecule has 0 aromatic carbocycles. The lowest BCUT2D eigenvalue weighted by atomic mass is 9.81. The molecule has 3 N–H and O–H groups in total. The number of primary amides is 1. The first-order chi connectivity index (χ1) is 8.64. The van der Waals surface area contributed by atoms with Crippen LogP contribution in [0.25, 0.3) is 0 Å². The van der Waals surface area contributed by atoms with Crippen molar-refractivity contribution in [2.45, 2.75) is 43.7 Å². The van der Waals surface area contributed by atoms with Crippen LogP contribution in [0.2, 0.25) is 0 Å². The minimum atomic E-state index is -0.893. The van der Waals surface area contributed by atoms with Gasteiger partial charge in [0.05, 0.1) is 19.8 Å². The average molecular weight is 256 g/mol. The lowest BCUT2D eigenvalue weighted by Crippen LogP contribution is -2.61. The van der Waals surface area contributed by atoms with Gasteiger partial charge < -0.3 is 20.5 Å². The molecule has 102 valence electrons. The Kier molecular flexibility index (Phi) is 4.19. The summed E-state index contributed by atoms with van der Waals surface area (Å²) < 4.78 is 10.5. The second-order valence-corrected chi connectivity index (χ2v) is 4.93. The smallest absolute Gasteiger partial charge is 0.252 e. The Hall–Kier alpha value is -1.14. The van der Waals surface area contributed by atoms with Crippen molar-refractivity contribution in [3.63, 3.8) is 0 Å². The van der Waals surface area contributed by atoms with E-state index in [0.717, 1.165) is 19.3 Å². The summed E-state index contributed by atoms with van der Waals surface area (Å²) in [4.78, 5) is 23.7. The number of hydrogen-bond donors (Lipinski definition) is 2. The van der Waals surface area contributed by atoms with E-state index in [2.05, 4.69) is 5.32 Å². The molecule has 1 heterocycles. The zero-order chi connectivity index (χ0) is 13.0. The Labute approximate surface area is 106 Å². The normalized spacial score (nSPS) is 27.4. The molecule has 0 aromatic rings. The molecule has 1 saturated carbocycles. The van der Waals surface area contributed by atoms with Gasteiger partial charge >= 0.3 is 0 Å². The summed E-state index contributed by atoms with van der Waals surface area (Å²) in [6, 6.07) is 0. The van der Waals surface area contributed by atoms with E-state index in [-0.39, 0.29) is 12.5 Å². The summed E-state index contributed by atoms with van der Waals surface area (Å²) in [5.41, 5.74) is 4.56. The second kappa shape index (κ2) is 5.67. The summed E-state index contributed by atoms with van der Waals surface area (Å²) in [6.07, 6.45) is 3.49. The van der Waals surface area contributed by atoms with Crippen molar-refractivity contribution < 1.29 is 19.1 Å². The molecule has 0 bridgehead atoms. The summed E-state index contributed by atoms with van der Waals surface area (Å²) in [5.74, 6) is -0.748. The number of amides is 2. The van der Waals surface area contributed by atoms with Crippen molar-refractivity contribution >= 4 is 11.8 Å². The van der Waals surface area contributed by atoms with E-state index < -0.39 is 17.6 Å². The largest absolute Gasteiger partial charge is 0.376 e. The second-order valence-electron chi connectivity index (χ2n) is 4.93. The highest BCUT2D eigenvalue weighted by Crippen LogP contribution is 2.28. The van der Waals surface area contributed by atoms with Crippen molar-refractivity contribution in [2.24, 2.45) is 5.73 Å². The summed E-state index contributed by atoms with van der Waals surface area (Å²) in [7, 11) is 0. The van der Waals surface area contributed by atoms with Crippen LogP contribution in [-0.4, -0.2) is 43.3 Å². The predicted octanol–water partition coefficient (Wildman–Crippen LogP) is -0.294. The van der Waals surface area contributed by atoms with Crippen LogP contribution in [0.3, 0.4) is 0 Å². The number of rotatable bonds is 3. The quantitative estimate of drug-likeness (QED) is 0.725. The third kappa shape index (κ3) is 2.81. The van der Waals surface area contributed by atoms with Gasteiger partial charge in [-0.1, -0.05) is 19.3 Å². The Morgan fingerprint density at radius 3 is 2.44 bits per heavy atom. The first-order valence-corrected chi connectivity index (χ1v) is 6.45. The van der Waals surface area contributed by atoms with Gasteiger partial charge in [0, 0.05) is 0 Å². The molecule has 1 atom stereocenters. The Bertz CT molecular complexity index is 320. The molecular weight excluding hydrogens is 236 g/mol. The molecule has 18 heavy (non-hydrogen) atoms. The van der Waals surface area contributed by atoms with Crippen LogP contribution in [0, 0.1) is 0 Å². The molecule has 1 saturated heterocycles. The lowest BCUT2D eigenvalue weighted by molar-refractivity contribution is -0.152. The van der Waals surface area contributed by atoms with Crippen molar-refractivity contribution in [2.75, 3.05) is 19.8 Å². The van der Waals surface area contributed by atoms with Gasteiger partial charge in [0.2, 0.25) is 5.91 Å². The Morgan fingerprint density at radius 2 is 1.89 bits per heavy atom. The lowest BCUT2D eigenvalue weighted by Gasteiger charge is -2.36. The first kappa shape index (κ1) is 13.3. The van der Waals surface area contributed by atoms with Crippen LogP contribution in [0.4, 0.5) is 0 Å². The molecule has 6 nitrogen and oxygen atoms in total. The van der Waals surface area contributed by atoms with Crippen LogP contribution in [-0.2, 0) is 19.1 Å². The molecular formula is C12H20N2O4. The SMILES string of the molecule is NC(=O)C1(NC(=O)C2COCCO2)CCCCC1. The van der Waals surface area contributed by atoms with Gasteiger partial charge in [-0.3, -0.25) is 9.59 Å². The van der Waals surface area contributed by atoms with Gasteiger partial charge in [0.25, 0.3) is 5.91 Å². The zero-order valence-corrected chi connectivity index (χ0v) is 10.4. The average Bonchev–Trinajstić information content (AvgIpc) is 2.40. The monoisotopic (exact) mass is 256 g/mol. The molecule has 1 aliphatic carbocycles. The number of nitrogens with two attached hydrogens (primary N) is 1. The molecule has 0 aromatic heterocycles. The van der Waals surface area contributed by atoms with Crippen molar-refractivity contribution in [1.29, 1.82) is 0 Å². The molecule has 2 amide bonds. The molecule has 2 fully saturated rings. The van der Waals surface area contributed by atoms with Gasteiger partial charge in [-0.25, -0.2) is 0 Å². The summed E-state index contributed by atoms with van der Waals surface area (Å²) in [6.45, 7) is 1.15. The molecule has 2 aliphatic rings. The topological polar surface area (TPSA) is 90.7 Å². The molecule has 1 unspecified atom stereocenters. The number of hydrogen-bond acceptors (Lipinski definition) is 4. The van der Waals surface area contributed by atoms with E-state index in [1.807, 2.05) is 0 Å². The highest BCUT2D eigenvalue weighted by Gasteiger charge is 2.40. The van der Waals surface area contributed by atoms with Crippen LogP contribution in [0.1, 0.15) is 32.1 Å². The van der Waals surface area contributed by atoms with Crippen LogP contribution >= 0.6 is 0 Å². The Morgan fingerprint density at radius 1 is 1.17 bits per heavy atom. The zero-order valence-electron chi connectivity index (χ0n) is 10.4. The molecule has 6 heteroatoms. The maximum Gasteiger partial charge on any atom is 0.252 e. The van der Waals surface area contributed by atoms with E-state index in [0.29, 0.717) is 26.1 Å². The van der Waals surface area contributed by atoms with E-state index in [1.165, 1.54) is 0 Å². The van der Waals surface area contributed by atoms with Crippen LogP contribution < -0.4 is 11.1 Å². The maximum absolute atomic E-state index is 12.1. The maximum atomic E-state index is 12.1. The number of carbonyl (C=O) groups excluding carboxylic acids is 2. The van der Waals surface area contributed by atoms with E-state index in [1.54, 1.807) is 0 Å². The highest BCUT2D eigenvalue weighted by molar-refractivity contribution is 5.92. The fourth-order valence-electron chi connectivity index (χ4n) is 2.54. The number of ether oxygens (including phenoxy) is 2. The molecule has 2 rings (SSSR count). The van der Waals surface area contributed by atoms with Crippen molar-refractivity contribution in [3.8, 4) is 0 Å². The van der Waals surface area contributed by atoms with Gasteiger partial charge in [-0.05, 0) is 12.8 Å². The number of carbonyl (C=O) groups is 2. The van der Waals surface area contributed by atoms with Crippen LogP contribution in [0.5, 0.6) is 0 Å². The van der Waals surface area contributed by atoms with Crippen LogP contribution in [0.15, 0.2) is 0 Å². The van der Waals surface area contributed by atoms with E-state index in [4.69, 9.17) is 15.2 Å².